The van der Waals surface area contributed by atoms with Gasteiger partial charge in [0.25, 0.3) is 5.91 Å². The van der Waals surface area contributed by atoms with Crippen molar-refractivity contribution in [3.63, 3.8) is 0 Å². The summed E-state index contributed by atoms with van der Waals surface area (Å²) in [5, 5.41) is 13.4. The molecule has 6 heteroatoms. The fourth-order valence-corrected chi connectivity index (χ4v) is 3.32. The summed E-state index contributed by atoms with van der Waals surface area (Å²) in [6, 6.07) is 2.22. The largest absolute Gasteiger partial charge is 0.481 e. The minimum absolute atomic E-state index is 0.0735. The zero-order chi connectivity index (χ0) is 14.8. The standard InChI is InChI=1S/C15H21N3O3/c19-14(17-8-5-11(6-9-17)15(20)21)13-7-10-18(16-13)12-3-1-2-4-12/h7,10-12H,1-6,8-9H2,(H,20,21). The highest BCUT2D eigenvalue weighted by Crippen LogP contribution is 2.29. The van der Waals surface area contributed by atoms with E-state index in [0.717, 1.165) is 12.8 Å². The van der Waals surface area contributed by atoms with Gasteiger partial charge < -0.3 is 10.0 Å². The van der Waals surface area contributed by atoms with Gasteiger partial charge in [-0.15, -0.1) is 0 Å². The van der Waals surface area contributed by atoms with E-state index in [4.69, 9.17) is 5.11 Å². The number of hydrogen-bond donors (Lipinski definition) is 1. The number of carboxylic acids is 1. The van der Waals surface area contributed by atoms with E-state index >= 15 is 0 Å². The van der Waals surface area contributed by atoms with Gasteiger partial charge in [0.2, 0.25) is 0 Å². The molecule has 1 aliphatic heterocycles. The van der Waals surface area contributed by atoms with E-state index in [1.54, 1.807) is 11.0 Å². The lowest BCUT2D eigenvalue weighted by Crippen LogP contribution is -2.40. The van der Waals surface area contributed by atoms with Crippen molar-refractivity contribution >= 4 is 11.9 Å². The van der Waals surface area contributed by atoms with Gasteiger partial charge in [0, 0.05) is 19.3 Å². The van der Waals surface area contributed by atoms with E-state index in [2.05, 4.69) is 5.10 Å². The third-order valence-corrected chi connectivity index (χ3v) is 4.66. The minimum atomic E-state index is -0.757. The van der Waals surface area contributed by atoms with Gasteiger partial charge in [0.15, 0.2) is 0 Å². The predicted molar refractivity (Wildman–Crippen MR) is 76.0 cm³/mol. The van der Waals surface area contributed by atoms with Gasteiger partial charge in [-0.1, -0.05) is 12.8 Å². The van der Waals surface area contributed by atoms with E-state index < -0.39 is 5.97 Å². The summed E-state index contributed by atoms with van der Waals surface area (Å²) in [7, 11) is 0. The Kier molecular flexibility index (Phi) is 3.94. The number of carbonyl (C=O) groups is 2. The maximum Gasteiger partial charge on any atom is 0.306 e. The van der Waals surface area contributed by atoms with Crippen LogP contribution in [0.3, 0.4) is 0 Å². The molecule has 1 aromatic rings. The SMILES string of the molecule is O=C(O)C1CCN(C(=O)c2ccn(C3CCCC3)n2)CC1. The second-order valence-corrected chi connectivity index (χ2v) is 6.02. The first-order chi connectivity index (χ1) is 10.1. The molecule has 6 nitrogen and oxygen atoms in total. The van der Waals surface area contributed by atoms with E-state index in [1.165, 1.54) is 12.8 Å². The number of carboxylic acid groups (broad SMARTS) is 1. The molecule has 2 heterocycles. The third-order valence-electron chi connectivity index (χ3n) is 4.66. The molecule has 1 aliphatic carbocycles. The highest BCUT2D eigenvalue weighted by atomic mass is 16.4. The summed E-state index contributed by atoms with van der Waals surface area (Å²) in [5.41, 5.74) is 0.482. The predicted octanol–water partition coefficient (Wildman–Crippen LogP) is 1.93. The van der Waals surface area contributed by atoms with Crippen molar-refractivity contribution in [3.05, 3.63) is 18.0 Å². The topological polar surface area (TPSA) is 75.4 Å². The maximum absolute atomic E-state index is 12.4. The summed E-state index contributed by atoms with van der Waals surface area (Å²) in [4.78, 5) is 25.1. The molecule has 3 rings (SSSR count). The first kappa shape index (κ1) is 14.1. The first-order valence-electron chi connectivity index (χ1n) is 7.72. The van der Waals surface area contributed by atoms with Crippen LogP contribution in [0.25, 0.3) is 0 Å². The number of nitrogens with zero attached hydrogens (tertiary/aromatic N) is 3. The van der Waals surface area contributed by atoms with Crippen LogP contribution >= 0.6 is 0 Å². The van der Waals surface area contributed by atoms with Crippen LogP contribution in [0.4, 0.5) is 0 Å². The highest BCUT2D eigenvalue weighted by Gasteiger charge is 2.28. The van der Waals surface area contributed by atoms with Crippen molar-refractivity contribution in [2.75, 3.05) is 13.1 Å². The molecule has 0 spiro atoms. The Labute approximate surface area is 123 Å². The number of hydrogen-bond acceptors (Lipinski definition) is 3. The van der Waals surface area contributed by atoms with Crippen LogP contribution in [-0.2, 0) is 4.79 Å². The van der Waals surface area contributed by atoms with Crippen LogP contribution in [-0.4, -0.2) is 44.8 Å². The molecule has 1 saturated heterocycles. The van der Waals surface area contributed by atoms with Crippen molar-refractivity contribution in [1.82, 2.24) is 14.7 Å². The summed E-state index contributed by atoms with van der Waals surface area (Å²) < 4.78 is 1.92. The summed E-state index contributed by atoms with van der Waals surface area (Å²) in [6.45, 7) is 1.01. The second-order valence-electron chi connectivity index (χ2n) is 6.02. The summed E-state index contributed by atoms with van der Waals surface area (Å²) >= 11 is 0. The molecule has 0 radical (unpaired) electrons. The van der Waals surface area contributed by atoms with Crippen molar-refractivity contribution in [1.29, 1.82) is 0 Å². The second kappa shape index (κ2) is 5.87. The molecule has 0 aromatic carbocycles. The molecule has 0 unspecified atom stereocenters. The zero-order valence-electron chi connectivity index (χ0n) is 12.1. The summed E-state index contributed by atoms with van der Waals surface area (Å²) in [6.07, 6.45) is 7.70. The zero-order valence-corrected chi connectivity index (χ0v) is 12.1. The molecule has 1 aromatic heterocycles. The number of rotatable bonds is 3. The molecule has 114 valence electrons. The van der Waals surface area contributed by atoms with Gasteiger partial charge in [-0.2, -0.15) is 5.10 Å². The van der Waals surface area contributed by atoms with Crippen molar-refractivity contribution in [2.45, 2.75) is 44.6 Å². The van der Waals surface area contributed by atoms with Gasteiger partial charge in [-0.3, -0.25) is 14.3 Å². The lowest BCUT2D eigenvalue weighted by molar-refractivity contribution is -0.143. The van der Waals surface area contributed by atoms with Gasteiger partial charge in [-0.05, 0) is 31.7 Å². The van der Waals surface area contributed by atoms with Crippen LogP contribution in [0.1, 0.15) is 55.1 Å². The Morgan fingerprint density at radius 1 is 1.14 bits per heavy atom. The molecule has 0 atom stereocenters. The van der Waals surface area contributed by atoms with Crippen LogP contribution in [0.2, 0.25) is 0 Å². The van der Waals surface area contributed by atoms with Crippen LogP contribution in [0.15, 0.2) is 12.3 Å². The first-order valence-corrected chi connectivity index (χ1v) is 7.72. The van der Waals surface area contributed by atoms with Gasteiger partial charge in [0.1, 0.15) is 5.69 Å². The number of carbonyl (C=O) groups excluding carboxylic acids is 1. The number of likely N-dealkylation sites (tertiary alicyclic amines) is 1. The fraction of sp³-hybridized carbons (Fsp3) is 0.667. The summed E-state index contributed by atoms with van der Waals surface area (Å²) in [5.74, 6) is -1.15. The fourth-order valence-electron chi connectivity index (χ4n) is 3.32. The molecule has 2 fully saturated rings. The average Bonchev–Trinajstić information content (AvgIpc) is 3.17. The highest BCUT2D eigenvalue weighted by molar-refractivity contribution is 5.92. The Morgan fingerprint density at radius 2 is 1.81 bits per heavy atom. The van der Waals surface area contributed by atoms with Gasteiger partial charge >= 0.3 is 5.97 Å². The van der Waals surface area contributed by atoms with Crippen LogP contribution in [0, 0.1) is 5.92 Å². The van der Waals surface area contributed by atoms with Crippen molar-refractivity contribution in [2.24, 2.45) is 5.92 Å². The van der Waals surface area contributed by atoms with Gasteiger partial charge in [-0.25, -0.2) is 0 Å². The number of aliphatic carboxylic acids is 1. The lowest BCUT2D eigenvalue weighted by Gasteiger charge is -2.29. The smallest absolute Gasteiger partial charge is 0.306 e. The monoisotopic (exact) mass is 291 g/mol. The quantitative estimate of drug-likeness (QED) is 0.923. The van der Waals surface area contributed by atoms with Crippen molar-refractivity contribution < 1.29 is 14.7 Å². The Balaban J connectivity index is 1.62. The van der Waals surface area contributed by atoms with Gasteiger partial charge in [0.05, 0.1) is 12.0 Å². The molecule has 0 bridgehead atoms. The Bertz CT molecular complexity index is 526. The lowest BCUT2D eigenvalue weighted by atomic mass is 9.97. The molecule has 1 N–H and O–H groups in total. The molecule has 1 saturated carbocycles. The van der Waals surface area contributed by atoms with Crippen molar-refractivity contribution in [3.8, 4) is 0 Å². The third kappa shape index (κ3) is 2.94. The molecule has 1 amide bonds. The molecule has 21 heavy (non-hydrogen) atoms. The van der Waals surface area contributed by atoms with E-state index in [0.29, 0.717) is 37.7 Å². The number of aromatic nitrogens is 2. The van der Waals surface area contributed by atoms with Crippen LogP contribution < -0.4 is 0 Å². The molecular weight excluding hydrogens is 270 g/mol. The minimum Gasteiger partial charge on any atom is -0.481 e. The Hall–Kier alpha value is -1.85. The number of amides is 1. The normalized spacial score (nSPS) is 20.9. The van der Waals surface area contributed by atoms with E-state index in [1.807, 2.05) is 10.9 Å². The Morgan fingerprint density at radius 3 is 2.43 bits per heavy atom. The molecule has 2 aliphatic rings. The maximum atomic E-state index is 12.4. The van der Waals surface area contributed by atoms with E-state index in [9.17, 15) is 9.59 Å². The molecular formula is C15H21N3O3. The van der Waals surface area contributed by atoms with E-state index in [-0.39, 0.29) is 11.8 Å². The van der Waals surface area contributed by atoms with Crippen LogP contribution in [0.5, 0.6) is 0 Å². The average molecular weight is 291 g/mol. The number of piperidine rings is 1.